The maximum Gasteiger partial charge on any atom is 0.194 e. The molecule has 2 saturated heterocycles. The van der Waals surface area contributed by atoms with E-state index in [4.69, 9.17) is 4.99 Å². The number of hydrogen-bond donors (Lipinski definition) is 1. The van der Waals surface area contributed by atoms with Crippen molar-refractivity contribution in [3.63, 3.8) is 0 Å². The molecule has 1 N–H and O–H groups in total. The van der Waals surface area contributed by atoms with Crippen molar-refractivity contribution in [2.75, 3.05) is 57.3 Å². The van der Waals surface area contributed by atoms with Crippen LogP contribution in [0.25, 0.3) is 0 Å². The van der Waals surface area contributed by atoms with E-state index in [1.54, 1.807) is 0 Å². The van der Waals surface area contributed by atoms with Gasteiger partial charge in [-0.25, -0.2) is 4.99 Å². The zero-order valence-electron chi connectivity index (χ0n) is 18.0. The smallest absolute Gasteiger partial charge is 0.194 e. The number of anilines is 1. The second kappa shape index (κ2) is 10.1. The van der Waals surface area contributed by atoms with Crippen LogP contribution in [-0.2, 0) is 6.54 Å². The van der Waals surface area contributed by atoms with Crippen LogP contribution < -0.4 is 10.2 Å². The third-order valence-corrected chi connectivity index (χ3v) is 6.39. The Kier molecular flexibility index (Phi) is 7.09. The van der Waals surface area contributed by atoms with Gasteiger partial charge in [0.15, 0.2) is 5.96 Å². The zero-order chi connectivity index (χ0) is 19.9. The van der Waals surface area contributed by atoms with Gasteiger partial charge < -0.3 is 20.0 Å². The summed E-state index contributed by atoms with van der Waals surface area (Å²) in [6, 6.07) is 8.86. The van der Waals surface area contributed by atoms with Crippen molar-refractivity contribution < 1.29 is 0 Å². The van der Waals surface area contributed by atoms with Gasteiger partial charge in [-0.2, -0.15) is 0 Å². The van der Waals surface area contributed by atoms with Crippen molar-refractivity contribution >= 4 is 11.6 Å². The fraction of sp³-hybridized carbons (Fsp3) is 0.625. The molecule has 1 aromatic rings. The van der Waals surface area contributed by atoms with Crippen LogP contribution in [0.4, 0.5) is 5.69 Å². The molecule has 5 heteroatoms. The second-order valence-corrected chi connectivity index (χ2v) is 8.68. The van der Waals surface area contributed by atoms with Crippen LogP contribution in [0.15, 0.2) is 41.4 Å². The van der Waals surface area contributed by atoms with E-state index in [2.05, 4.69) is 63.4 Å². The van der Waals surface area contributed by atoms with E-state index in [9.17, 15) is 0 Å². The monoisotopic (exact) mass is 395 g/mol. The maximum atomic E-state index is 5.00. The number of likely N-dealkylation sites (tertiary alicyclic amines) is 2. The first-order valence-corrected chi connectivity index (χ1v) is 11.6. The highest BCUT2D eigenvalue weighted by atomic mass is 15.3. The first kappa shape index (κ1) is 20.3. The number of aliphatic imine (C=N–C) groups is 1. The van der Waals surface area contributed by atoms with Crippen molar-refractivity contribution in [3.8, 4) is 0 Å². The zero-order valence-corrected chi connectivity index (χ0v) is 18.0. The first-order valence-electron chi connectivity index (χ1n) is 11.6. The van der Waals surface area contributed by atoms with Gasteiger partial charge in [-0.05, 0) is 62.9 Å². The Labute approximate surface area is 176 Å². The van der Waals surface area contributed by atoms with Crippen molar-refractivity contribution in [1.29, 1.82) is 0 Å². The summed E-state index contributed by atoms with van der Waals surface area (Å²) in [6.45, 7) is 12.0. The first-order chi connectivity index (χ1) is 14.3. The molecule has 3 heterocycles. The highest BCUT2D eigenvalue weighted by Gasteiger charge is 2.27. The molecule has 0 spiro atoms. The van der Waals surface area contributed by atoms with Gasteiger partial charge in [0.2, 0.25) is 0 Å². The minimum atomic E-state index is 0.741. The van der Waals surface area contributed by atoms with Gasteiger partial charge in [0.1, 0.15) is 0 Å². The maximum absolute atomic E-state index is 5.00. The van der Waals surface area contributed by atoms with Crippen LogP contribution in [0.1, 0.15) is 38.2 Å². The lowest BCUT2D eigenvalue weighted by atomic mass is 10.1. The van der Waals surface area contributed by atoms with Gasteiger partial charge >= 0.3 is 0 Å². The average Bonchev–Trinajstić information content (AvgIpc) is 3.45. The van der Waals surface area contributed by atoms with Crippen molar-refractivity contribution in [2.45, 2.75) is 39.2 Å². The Bertz CT molecular complexity index is 699. The van der Waals surface area contributed by atoms with Crippen LogP contribution >= 0.6 is 0 Å². The number of nitrogens with one attached hydrogen (secondary N) is 1. The summed E-state index contributed by atoms with van der Waals surface area (Å²) < 4.78 is 0. The molecule has 158 valence electrons. The minimum absolute atomic E-state index is 0.741. The SMILES string of the molecule is CCNC(=NCc1cccc(N2CC=CC2)c1)N1CCC(CN2CCCCC2)C1. The molecule has 0 bridgehead atoms. The lowest BCUT2D eigenvalue weighted by molar-refractivity contribution is 0.198. The molecule has 2 fully saturated rings. The molecule has 29 heavy (non-hydrogen) atoms. The van der Waals surface area contributed by atoms with E-state index in [0.29, 0.717) is 0 Å². The second-order valence-electron chi connectivity index (χ2n) is 8.68. The van der Waals surface area contributed by atoms with Crippen LogP contribution in [-0.4, -0.2) is 68.1 Å². The fourth-order valence-electron chi connectivity index (χ4n) is 4.81. The van der Waals surface area contributed by atoms with Crippen molar-refractivity contribution in [3.05, 3.63) is 42.0 Å². The Morgan fingerprint density at radius 2 is 1.93 bits per heavy atom. The van der Waals surface area contributed by atoms with Crippen molar-refractivity contribution in [2.24, 2.45) is 10.9 Å². The van der Waals surface area contributed by atoms with Crippen molar-refractivity contribution in [1.82, 2.24) is 15.1 Å². The molecule has 5 nitrogen and oxygen atoms in total. The molecule has 0 radical (unpaired) electrons. The molecule has 1 aromatic carbocycles. The molecular formula is C24H37N5. The highest BCUT2D eigenvalue weighted by Crippen LogP contribution is 2.21. The molecule has 3 aliphatic rings. The number of rotatable bonds is 6. The van der Waals surface area contributed by atoms with Gasteiger partial charge in [0, 0.05) is 45.0 Å². The van der Waals surface area contributed by atoms with Crippen LogP contribution in [0, 0.1) is 5.92 Å². The summed E-state index contributed by atoms with van der Waals surface area (Å²) in [5, 5.41) is 3.53. The molecule has 0 amide bonds. The number of benzene rings is 1. The third kappa shape index (κ3) is 5.53. The average molecular weight is 396 g/mol. The Hall–Kier alpha value is -2.01. The number of hydrogen-bond acceptors (Lipinski definition) is 3. The van der Waals surface area contributed by atoms with Gasteiger partial charge in [-0.1, -0.05) is 30.7 Å². The van der Waals surface area contributed by atoms with E-state index in [-0.39, 0.29) is 0 Å². The largest absolute Gasteiger partial charge is 0.364 e. The van der Waals surface area contributed by atoms with Gasteiger partial charge in [-0.3, -0.25) is 0 Å². The molecule has 3 aliphatic heterocycles. The lowest BCUT2D eigenvalue weighted by Crippen LogP contribution is -2.41. The van der Waals surface area contributed by atoms with Crippen LogP contribution in [0.3, 0.4) is 0 Å². The summed E-state index contributed by atoms with van der Waals surface area (Å²) >= 11 is 0. The molecule has 0 aromatic heterocycles. The Morgan fingerprint density at radius 1 is 1.10 bits per heavy atom. The predicted molar refractivity (Wildman–Crippen MR) is 123 cm³/mol. The van der Waals surface area contributed by atoms with E-state index in [0.717, 1.165) is 51.1 Å². The Balaban J connectivity index is 1.34. The topological polar surface area (TPSA) is 34.1 Å². The van der Waals surface area contributed by atoms with E-state index < -0.39 is 0 Å². The summed E-state index contributed by atoms with van der Waals surface area (Å²) in [7, 11) is 0. The minimum Gasteiger partial charge on any atom is -0.364 e. The number of guanidine groups is 1. The molecule has 4 rings (SSSR count). The predicted octanol–water partition coefficient (Wildman–Crippen LogP) is 3.34. The highest BCUT2D eigenvalue weighted by molar-refractivity contribution is 5.80. The van der Waals surface area contributed by atoms with E-state index in [1.807, 2.05) is 0 Å². The lowest BCUT2D eigenvalue weighted by Gasteiger charge is -2.29. The molecule has 1 atom stereocenters. The van der Waals surface area contributed by atoms with E-state index >= 15 is 0 Å². The molecule has 0 aliphatic carbocycles. The Morgan fingerprint density at radius 3 is 2.72 bits per heavy atom. The standard InChI is InChI=1S/C24H37N5/c1-2-25-24(29-16-11-22(20-29)19-27-12-4-3-5-13-27)26-18-21-9-8-10-23(17-21)28-14-6-7-15-28/h6-10,17,22H,2-5,11-16,18-20H2,1H3,(H,25,26). The normalized spacial score (nSPS) is 23.2. The quantitative estimate of drug-likeness (QED) is 0.455. The van der Waals surface area contributed by atoms with Crippen LogP contribution in [0.2, 0.25) is 0 Å². The number of piperidine rings is 1. The summed E-state index contributed by atoms with van der Waals surface area (Å²) in [5.41, 5.74) is 2.59. The molecule has 0 saturated carbocycles. The fourth-order valence-corrected chi connectivity index (χ4v) is 4.81. The van der Waals surface area contributed by atoms with Gasteiger partial charge in [0.05, 0.1) is 6.54 Å². The summed E-state index contributed by atoms with van der Waals surface area (Å²) in [6.07, 6.45) is 9.95. The number of nitrogens with zero attached hydrogens (tertiary/aromatic N) is 4. The van der Waals surface area contributed by atoms with E-state index in [1.165, 1.54) is 56.6 Å². The molecular weight excluding hydrogens is 358 g/mol. The molecule has 1 unspecified atom stereocenters. The van der Waals surface area contributed by atoms with Gasteiger partial charge in [0.25, 0.3) is 0 Å². The van der Waals surface area contributed by atoms with Gasteiger partial charge in [-0.15, -0.1) is 0 Å². The third-order valence-electron chi connectivity index (χ3n) is 6.39. The summed E-state index contributed by atoms with van der Waals surface area (Å²) in [4.78, 5) is 12.6. The summed E-state index contributed by atoms with van der Waals surface area (Å²) in [5.74, 6) is 1.87. The van der Waals surface area contributed by atoms with Crippen LogP contribution in [0.5, 0.6) is 0 Å².